The van der Waals surface area contributed by atoms with Crippen molar-refractivity contribution in [3.05, 3.63) is 35.5 Å². The molecule has 0 radical (unpaired) electrons. The molecule has 2 amide bonds. The highest BCUT2D eigenvalue weighted by Crippen LogP contribution is 2.19. The SMILES string of the molecule is CC(N)=NCCC[C@H](NC(=O)CCC(=O)NCCc1c[nH]c2ccc(C)cc12)C(=O)O. The van der Waals surface area contributed by atoms with Crippen LogP contribution in [0.3, 0.4) is 0 Å². The number of nitrogens with two attached hydrogens (primary N) is 1. The second-order valence-corrected chi connectivity index (χ2v) is 7.59. The van der Waals surface area contributed by atoms with Crippen molar-refractivity contribution < 1.29 is 19.5 Å². The average Bonchev–Trinajstić information content (AvgIpc) is 3.10. The van der Waals surface area contributed by atoms with Crippen molar-refractivity contribution in [1.82, 2.24) is 15.6 Å². The van der Waals surface area contributed by atoms with Gasteiger partial charge in [0.15, 0.2) is 0 Å². The number of aliphatic carboxylic acids is 1. The number of hydrogen-bond acceptors (Lipinski definition) is 4. The first-order chi connectivity index (χ1) is 14.8. The van der Waals surface area contributed by atoms with Gasteiger partial charge in [-0.15, -0.1) is 0 Å². The van der Waals surface area contributed by atoms with E-state index >= 15 is 0 Å². The van der Waals surface area contributed by atoms with Crippen LogP contribution in [0.5, 0.6) is 0 Å². The fourth-order valence-corrected chi connectivity index (χ4v) is 3.23. The minimum atomic E-state index is -1.11. The molecule has 0 unspecified atom stereocenters. The normalized spacial score (nSPS) is 12.5. The molecule has 0 bridgehead atoms. The van der Waals surface area contributed by atoms with E-state index in [1.165, 1.54) is 5.56 Å². The zero-order valence-electron chi connectivity index (χ0n) is 18.0. The molecule has 168 valence electrons. The molecule has 1 heterocycles. The molecule has 6 N–H and O–H groups in total. The highest BCUT2D eigenvalue weighted by Gasteiger charge is 2.19. The number of H-pyrrole nitrogens is 1. The van der Waals surface area contributed by atoms with Crippen LogP contribution in [-0.4, -0.2) is 52.8 Å². The fourth-order valence-electron chi connectivity index (χ4n) is 3.23. The smallest absolute Gasteiger partial charge is 0.326 e. The Balaban J connectivity index is 1.70. The van der Waals surface area contributed by atoms with Crippen molar-refractivity contribution in [2.45, 2.75) is 52.0 Å². The van der Waals surface area contributed by atoms with Gasteiger partial charge in [-0.05, 0) is 50.8 Å². The summed E-state index contributed by atoms with van der Waals surface area (Å²) in [5.41, 5.74) is 8.78. The molecule has 1 atom stereocenters. The summed E-state index contributed by atoms with van der Waals surface area (Å²) >= 11 is 0. The number of carbonyl (C=O) groups is 3. The minimum absolute atomic E-state index is 0.00181. The molecule has 0 saturated carbocycles. The Morgan fingerprint density at radius 2 is 1.97 bits per heavy atom. The van der Waals surface area contributed by atoms with Crippen LogP contribution in [0.15, 0.2) is 29.4 Å². The molecule has 0 aliphatic heterocycles. The minimum Gasteiger partial charge on any atom is -0.480 e. The number of fused-ring (bicyclic) bond motifs is 1. The third-order valence-electron chi connectivity index (χ3n) is 4.86. The largest absolute Gasteiger partial charge is 0.480 e. The summed E-state index contributed by atoms with van der Waals surface area (Å²) < 4.78 is 0. The first kappa shape index (κ1) is 23.9. The number of aromatic amines is 1. The summed E-state index contributed by atoms with van der Waals surface area (Å²) in [5.74, 6) is -1.39. The summed E-state index contributed by atoms with van der Waals surface area (Å²) in [6, 6.07) is 5.17. The topological polar surface area (TPSA) is 150 Å². The number of amides is 2. The van der Waals surface area contributed by atoms with E-state index in [1.54, 1.807) is 6.92 Å². The zero-order chi connectivity index (χ0) is 22.8. The summed E-state index contributed by atoms with van der Waals surface area (Å²) in [6.45, 7) is 4.55. The van der Waals surface area contributed by atoms with Gasteiger partial charge in [0.2, 0.25) is 11.8 Å². The molecular formula is C22H31N5O4. The van der Waals surface area contributed by atoms with Gasteiger partial charge in [0.1, 0.15) is 6.04 Å². The highest BCUT2D eigenvalue weighted by atomic mass is 16.4. The maximum Gasteiger partial charge on any atom is 0.326 e. The molecule has 31 heavy (non-hydrogen) atoms. The van der Waals surface area contributed by atoms with Gasteiger partial charge in [0.25, 0.3) is 0 Å². The number of carboxylic acids is 1. The molecule has 0 spiro atoms. The lowest BCUT2D eigenvalue weighted by Gasteiger charge is -2.14. The van der Waals surface area contributed by atoms with E-state index in [0.29, 0.717) is 31.8 Å². The first-order valence-electron chi connectivity index (χ1n) is 10.4. The molecule has 0 aliphatic carbocycles. The Hall–Kier alpha value is -3.36. The number of nitrogens with one attached hydrogen (secondary N) is 3. The molecule has 0 fully saturated rings. The van der Waals surface area contributed by atoms with E-state index in [9.17, 15) is 19.5 Å². The van der Waals surface area contributed by atoms with Crippen molar-refractivity contribution in [3.63, 3.8) is 0 Å². The number of aromatic nitrogens is 1. The first-order valence-corrected chi connectivity index (χ1v) is 10.4. The molecule has 1 aromatic carbocycles. The second kappa shape index (κ2) is 11.7. The molecular weight excluding hydrogens is 398 g/mol. The molecule has 0 aliphatic rings. The van der Waals surface area contributed by atoms with E-state index in [-0.39, 0.29) is 25.2 Å². The van der Waals surface area contributed by atoms with E-state index < -0.39 is 17.9 Å². The van der Waals surface area contributed by atoms with Gasteiger partial charge >= 0.3 is 5.97 Å². The van der Waals surface area contributed by atoms with Crippen LogP contribution < -0.4 is 16.4 Å². The van der Waals surface area contributed by atoms with E-state index in [4.69, 9.17) is 5.73 Å². The number of aliphatic imine (C=N–C) groups is 1. The lowest BCUT2D eigenvalue weighted by atomic mass is 10.1. The average molecular weight is 430 g/mol. The molecule has 9 nitrogen and oxygen atoms in total. The third kappa shape index (κ3) is 8.12. The van der Waals surface area contributed by atoms with Crippen LogP contribution in [0.25, 0.3) is 10.9 Å². The van der Waals surface area contributed by atoms with Crippen LogP contribution in [0.4, 0.5) is 0 Å². The maximum absolute atomic E-state index is 12.0. The van der Waals surface area contributed by atoms with Gasteiger partial charge in [-0.2, -0.15) is 0 Å². The number of aryl methyl sites for hydroxylation is 1. The number of nitrogens with zero attached hydrogens (tertiary/aromatic N) is 1. The van der Waals surface area contributed by atoms with Crippen LogP contribution in [-0.2, 0) is 20.8 Å². The second-order valence-electron chi connectivity index (χ2n) is 7.59. The van der Waals surface area contributed by atoms with Gasteiger partial charge < -0.3 is 26.5 Å². The van der Waals surface area contributed by atoms with Crippen molar-refractivity contribution in [2.75, 3.05) is 13.1 Å². The predicted molar refractivity (Wildman–Crippen MR) is 120 cm³/mol. The zero-order valence-corrected chi connectivity index (χ0v) is 18.0. The number of hydrogen-bond donors (Lipinski definition) is 5. The van der Waals surface area contributed by atoms with E-state index in [1.807, 2.05) is 25.3 Å². The number of amidine groups is 1. The third-order valence-corrected chi connectivity index (χ3v) is 4.86. The van der Waals surface area contributed by atoms with Crippen LogP contribution in [0.2, 0.25) is 0 Å². The van der Waals surface area contributed by atoms with Gasteiger partial charge in [0, 0.05) is 43.0 Å². The molecule has 2 rings (SSSR count). The summed E-state index contributed by atoms with van der Waals surface area (Å²) in [4.78, 5) is 42.6. The van der Waals surface area contributed by atoms with Crippen LogP contribution in [0, 0.1) is 6.92 Å². The van der Waals surface area contributed by atoms with Gasteiger partial charge in [-0.3, -0.25) is 14.6 Å². The van der Waals surface area contributed by atoms with Crippen molar-refractivity contribution in [2.24, 2.45) is 10.7 Å². The number of carbonyl (C=O) groups excluding carboxylic acids is 2. The molecule has 1 aromatic heterocycles. The lowest BCUT2D eigenvalue weighted by molar-refractivity contribution is -0.142. The Morgan fingerprint density at radius 1 is 1.23 bits per heavy atom. The fraction of sp³-hybridized carbons (Fsp3) is 0.455. The Kier molecular flexibility index (Phi) is 9.05. The summed E-state index contributed by atoms with van der Waals surface area (Å²) in [6.07, 6.45) is 3.28. The number of rotatable bonds is 12. The highest BCUT2D eigenvalue weighted by molar-refractivity contribution is 5.87. The number of carboxylic acid groups (broad SMARTS) is 1. The van der Waals surface area contributed by atoms with Crippen LogP contribution in [0.1, 0.15) is 43.7 Å². The quantitative estimate of drug-likeness (QED) is 0.197. The van der Waals surface area contributed by atoms with E-state index in [0.717, 1.165) is 16.5 Å². The summed E-state index contributed by atoms with van der Waals surface area (Å²) in [5, 5.41) is 15.7. The Morgan fingerprint density at radius 3 is 2.68 bits per heavy atom. The Labute approximate surface area is 181 Å². The molecule has 2 aromatic rings. The summed E-state index contributed by atoms with van der Waals surface area (Å²) in [7, 11) is 0. The van der Waals surface area contributed by atoms with Crippen LogP contribution >= 0.6 is 0 Å². The van der Waals surface area contributed by atoms with Gasteiger partial charge in [-0.25, -0.2) is 4.79 Å². The number of benzene rings is 1. The molecule has 9 heteroatoms. The maximum atomic E-state index is 12.0. The standard InChI is InChI=1S/C22H31N5O4/c1-14-5-6-18-17(12-14)16(13-26-18)9-11-25-20(28)7-8-21(29)27-19(22(30)31)4-3-10-24-15(2)23/h5-6,12-13,19,26H,3-4,7-11H2,1-2H3,(H2,23,24)(H,25,28)(H,27,29)(H,30,31)/t19-/m0/s1. The lowest BCUT2D eigenvalue weighted by Crippen LogP contribution is -2.41. The predicted octanol–water partition coefficient (Wildman–Crippen LogP) is 1.64. The monoisotopic (exact) mass is 429 g/mol. The van der Waals surface area contributed by atoms with Gasteiger partial charge in [-0.1, -0.05) is 11.6 Å². The van der Waals surface area contributed by atoms with Crippen molar-refractivity contribution >= 4 is 34.5 Å². The Bertz CT molecular complexity index is 947. The van der Waals surface area contributed by atoms with E-state index in [2.05, 4.69) is 26.7 Å². The van der Waals surface area contributed by atoms with Crippen molar-refractivity contribution in [3.8, 4) is 0 Å². The van der Waals surface area contributed by atoms with Crippen molar-refractivity contribution in [1.29, 1.82) is 0 Å². The van der Waals surface area contributed by atoms with Gasteiger partial charge in [0.05, 0.1) is 5.84 Å². The molecule has 0 saturated heterocycles.